The maximum atomic E-state index is 14.4. The molecule has 2 aliphatic heterocycles. The number of carbonyl (C=O) groups excluding carboxylic acids is 1. The number of hydrogen-bond donors (Lipinski definition) is 4. The number of aromatic nitrogens is 1. The molecule has 0 aliphatic carbocycles. The van der Waals surface area contributed by atoms with Gasteiger partial charge < -0.3 is 34.7 Å². The molecular formula is C38H46N4O8S. The summed E-state index contributed by atoms with van der Waals surface area (Å²) < 4.78 is 46.9. The van der Waals surface area contributed by atoms with Crippen molar-refractivity contribution in [3.63, 3.8) is 0 Å². The van der Waals surface area contributed by atoms with Crippen LogP contribution in [0.15, 0.2) is 88.8 Å². The molecule has 272 valence electrons. The molecule has 1 aromatic heterocycles. The average molecular weight is 719 g/mol. The Bertz CT molecular complexity index is 1930. The number of ether oxygens (including phenoxy) is 3. The van der Waals surface area contributed by atoms with Crippen molar-refractivity contribution in [2.24, 2.45) is 16.8 Å². The van der Waals surface area contributed by atoms with Gasteiger partial charge in [0.25, 0.3) is 0 Å². The highest BCUT2D eigenvalue weighted by molar-refractivity contribution is 7.89. The maximum Gasteiger partial charge on any atom is 0.407 e. The van der Waals surface area contributed by atoms with E-state index >= 15 is 0 Å². The Morgan fingerprint density at radius 2 is 1.75 bits per heavy atom. The zero-order valence-electron chi connectivity index (χ0n) is 29.1. The lowest BCUT2D eigenvalue weighted by molar-refractivity contribution is -0.0907. The van der Waals surface area contributed by atoms with Gasteiger partial charge in [0, 0.05) is 29.7 Å². The molecule has 0 saturated carbocycles. The third kappa shape index (κ3) is 8.62. The van der Waals surface area contributed by atoms with Gasteiger partial charge in [0.1, 0.15) is 6.10 Å². The molecule has 2 aliphatic rings. The van der Waals surface area contributed by atoms with E-state index in [0.717, 1.165) is 17.5 Å². The summed E-state index contributed by atoms with van der Waals surface area (Å²) in [6.07, 6.45) is -1.93. The number of amides is 1. The van der Waals surface area contributed by atoms with Gasteiger partial charge in [-0.1, -0.05) is 74.5 Å². The first-order valence-electron chi connectivity index (χ1n) is 17.3. The largest absolute Gasteiger partial charge is 0.494 e. The highest BCUT2D eigenvalue weighted by Gasteiger charge is 2.44. The van der Waals surface area contributed by atoms with Gasteiger partial charge in [0.05, 0.1) is 48.3 Å². The van der Waals surface area contributed by atoms with E-state index < -0.39 is 34.4 Å². The van der Waals surface area contributed by atoms with Crippen LogP contribution in [0.25, 0.3) is 10.9 Å². The Labute approximate surface area is 298 Å². The topological polar surface area (TPSA) is 163 Å². The highest BCUT2D eigenvalue weighted by Crippen LogP contribution is 2.34. The number of H-pyrrole nitrogens is 1. The van der Waals surface area contributed by atoms with Gasteiger partial charge in [0.15, 0.2) is 12.2 Å². The number of rotatable bonds is 14. The molecule has 5 atom stereocenters. The summed E-state index contributed by atoms with van der Waals surface area (Å²) in [6.45, 7) is 6.55. The Morgan fingerprint density at radius 3 is 2.45 bits per heavy atom. The first kappa shape index (κ1) is 36.5. The first-order chi connectivity index (χ1) is 24.5. The Kier molecular flexibility index (Phi) is 11.4. The van der Waals surface area contributed by atoms with Gasteiger partial charge in [-0.05, 0) is 55.0 Å². The summed E-state index contributed by atoms with van der Waals surface area (Å²) in [5.74, 6) is -0.242. The normalized spacial score (nSPS) is 20.5. The number of nitrogens with one attached hydrogen (secondary N) is 2. The van der Waals surface area contributed by atoms with Crippen molar-refractivity contribution >= 4 is 32.7 Å². The first-order valence-corrected chi connectivity index (χ1v) is 18.8. The predicted molar refractivity (Wildman–Crippen MR) is 193 cm³/mol. The maximum absolute atomic E-state index is 14.4. The van der Waals surface area contributed by atoms with E-state index in [0.29, 0.717) is 35.3 Å². The SMILES string of the molecule is CC(=NCc1ccccc1)c1c(O)[nH]c2ccc(S(=O)(=O)N(CC(C)C)CC(O)C(Cc3ccccc3)NC(=O)OC3COC4OCCC34)cc12. The second-order valence-corrected chi connectivity index (χ2v) is 15.6. The van der Waals surface area contributed by atoms with E-state index in [4.69, 9.17) is 14.2 Å². The number of sulfonamides is 1. The standard InChI is InChI=1S/C38H46N4O8S/c1-24(2)21-42(22-33(43)32(18-26-10-6-4-7-11-26)41-38(45)50-34-23-49-37-29(34)16-17-48-37)51(46,47)28-14-15-31-30(19-28)35(36(44)40-31)25(3)39-20-27-12-8-5-9-13-27/h4-15,19,24,29,32-34,37,40,43-44H,16-18,20-23H2,1-3H3,(H,41,45). The molecule has 6 rings (SSSR count). The van der Waals surface area contributed by atoms with Crippen LogP contribution < -0.4 is 5.32 Å². The quantitative estimate of drug-likeness (QED) is 0.133. The molecule has 3 heterocycles. The van der Waals surface area contributed by atoms with Crippen molar-refractivity contribution in [2.75, 3.05) is 26.3 Å². The second-order valence-electron chi connectivity index (χ2n) is 13.6. The molecule has 12 nitrogen and oxygen atoms in total. The fourth-order valence-electron chi connectivity index (χ4n) is 6.74. The van der Waals surface area contributed by atoms with Crippen molar-refractivity contribution in [3.8, 4) is 5.88 Å². The summed E-state index contributed by atoms with van der Waals surface area (Å²) in [5, 5.41) is 25.9. The minimum Gasteiger partial charge on any atom is -0.494 e. The smallest absolute Gasteiger partial charge is 0.407 e. The predicted octanol–water partition coefficient (Wildman–Crippen LogP) is 4.99. The minimum atomic E-state index is -4.17. The van der Waals surface area contributed by atoms with Crippen molar-refractivity contribution in [3.05, 3.63) is 95.6 Å². The van der Waals surface area contributed by atoms with Gasteiger partial charge in [-0.25, -0.2) is 13.2 Å². The second kappa shape index (κ2) is 16.0. The van der Waals surface area contributed by atoms with Gasteiger partial charge in [-0.2, -0.15) is 4.31 Å². The lowest BCUT2D eigenvalue weighted by Gasteiger charge is -2.31. The number of carbonyl (C=O) groups is 1. The number of aliphatic imine (C=N–C) groups is 1. The summed E-state index contributed by atoms with van der Waals surface area (Å²) in [7, 11) is -4.17. The number of hydrogen-bond acceptors (Lipinski definition) is 9. The Morgan fingerprint density at radius 1 is 1.04 bits per heavy atom. The van der Waals surface area contributed by atoms with Crippen molar-refractivity contribution in [1.29, 1.82) is 0 Å². The summed E-state index contributed by atoms with van der Waals surface area (Å²) in [4.78, 5) is 20.8. The van der Waals surface area contributed by atoms with E-state index in [1.54, 1.807) is 13.0 Å². The molecule has 4 N–H and O–H groups in total. The summed E-state index contributed by atoms with van der Waals surface area (Å²) in [5.41, 5.74) is 3.37. The average Bonchev–Trinajstić information content (AvgIpc) is 3.82. The fraction of sp³-hybridized carbons (Fsp3) is 0.421. The van der Waals surface area contributed by atoms with Crippen LogP contribution in [0.1, 0.15) is 43.9 Å². The molecule has 2 saturated heterocycles. The summed E-state index contributed by atoms with van der Waals surface area (Å²) in [6, 6.07) is 22.8. The van der Waals surface area contributed by atoms with Crippen molar-refractivity contribution in [1.82, 2.24) is 14.6 Å². The molecule has 51 heavy (non-hydrogen) atoms. The van der Waals surface area contributed by atoms with Crippen molar-refractivity contribution < 1.29 is 37.6 Å². The molecular weight excluding hydrogens is 673 g/mol. The Hall–Kier alpha value is -4.27. The van der Waals surface area contributed by atoms with Crippen LogP contribution in [0.3, 0.4) is 0 Å². The Balaban J connectivity index is 1.24. The number of aromatic amines is 1. The number of aliphatic hydroxyl groups excluding tert-OH is 1. The van der Waals surface area contributed by atoms with Crippen LogP contribution in [-0.2, 0) is 37.2 Å². The lowest BCUT2D eigenvalue weighted by atomic mass is 10.0. The molecule has 3 aromatic carbocycles. The van der Waals surface area contributed by atoms with Gasteiger partial charge >= 0.3 is 6.09 Å². The van der Waals surface area contributed by atoms with Crippen LogP contribution in [-0.4, -0.2) is 90.6 Å². The number of fused-ring (bicyclic) bond motifs is 2. The number of alkyl carbamates (subject to hydrolysis) is 1. The van der Waals surface area contributed by atoms with E-state index in [1.165, 1.54) is 16.4 Å². The van der Waals surface area contributed by atoms with Crippen LogP contribution in [0, 0.1) is 11.8 Å². The third-order valence-corrected chi connectivity index (χ3v) is 11.2. The van der Waals surface area contributed by atoms with E-state index in [-0.39, 0.29) is 55.0 Å². The molecule has 5 unspecified atom stereocenters. The number of aliphatic hydroxyl groups is 1. The van der Waals surface area contributed by atoms with Gasteiger partial charge in [-0.3, -0.25) is 4.99 Å². The number of benzene rings is 3. The molecule has 4 aromatic rings. The van der Waals surface area contributed by atoms with Crippen LogP contribution in [0.5, 0.6) is 5.88 Å². The zero-order valence-corrected chi connectivity index (χ0v) is 29.9. The van der Waals surface area contributed by atoms with E-state index in [1.807, 2.05) is 74.5 Å². The molecule has 0 bridgehead atoms. The van der Waals surface area contributed by atoms with Crippen molar-refractivity contribution in [2.45, 2.75) is 69.6 Å². The molecule has 0 radical (unpaired) electrons. The van der Waals surface area contributed by atoms with Gasteiger partial charge in [-0.15, -0.1) is 0 Å². The fourth-order valence-corrected chi connectivity index (χ4v) is 8.39. The molecule has 2 fully saturated rings. The highest BCUT2D eigenvalue weighted by atomic mass is 32.2. The van der Waals surface area contributed by atoms with Gasteiger partial charge in [0.2, 0.25) is 10.0 Å². The monoisotopic (exact) mass is 718 g/mol. The third-order valence-electron chi connectivity index (χ3n) is 9.36. The summed E-state index contributed by atoms with van der Waals surface area (Å²) >= 11 is 0. The number of nitrogens with zero attached hydrogens (tertiary/aromatic N) is 2. The van der Waals surface area contributed by atoms with E-state index in [9.17, 15) is 23.4 Å². The van der Waals surface area contributed by atoms with Crippen LogP contribution in [0.4, 0.5) is 4.79 Å². The minimum absolute atomic E-state index is 0.000470. The molecule has 13 heteroatoms. The lowest BCUT2D eigenvalue weighted by Crippen LogP contribution is -2.51. The van der Waals surface area contributed by atoms with Crippen LogP contribution in [0.2, 0.25) is 0 Å². The number of aromatic hydroxyl groups is 1. The molecule has 0 spiro atoms. The zero-order chi connectivity index (χ0) is 36.1. The van der Waals surface area contributed by atoms with E-state index in [2.05, 4.69) is 15.3 Å². The molecule has 1 amide bonds. The van der Waals surface area contributed by atoms with Crippen LogP contribution >= 0.6 is 0 Å².